The Kier molecular flexibility index (Phi) is 7.09. The zero-order valence-electron chi connectivity index (χ0n) is 18.4. The number of ether oxygens (including phenoxy) is 1. The van der Waals surface area contributed by atoms with E-state index in [0.717, 1.165) is 13.1 Å². The lowest BCUT2D eigenvalue weighted by Crippen LogP contribution is -2.45. The van der Waals surface area contributed by atoms with Crippen LogP contribution in [-0.2, 0) is 15.1 Å². The zero-order chi connectivity index (χ0) is 23.5. The van der Waals surface area contributed by atoms with Crippen molar-refractivity contribution in [1.82, 2.24) is 0 Å². The molecule has 3 heterocycles. The smallest absolute Gasteiger partial charge is 0.349 e. The standard InChI is InChI=1S/C25H27FNO4S2/c1-27(13-2-5-21(28)18-8-10-19(26)11-9-18)14-12-20(17-27)31-24(29)25(30,22-6-3-15-32-22)23-7-4-16-33-23/h3-4,6-11,15-16,20,30H,2,5,12-14,17H2,1H3/q+1/t20-,27?/m1/s1. The maximum atomic E-state index is 13.2. The topological polar surface area (TPSA) is 63.6 Å². The van der Waals surface area contributed by atoms with Gasteiger partial charge in [0.25, 0.3) is 0 Å². The molecular formula is C25H27FNO4S2+. The van der Waals surface area contributed by atoms with Crippen LogP contribution in [0.25, 0.3) is 0 Å². The number of halogens is 1. The van der Waals surface area contributed by atoms with Crippen molar-refractivity contribution in [3.63, 3.8) is 0 Å². The summed E-state index contributed by atoms with van der Waals surface area (Å²) in [7, 11) is 2.10. The van der Waals surface area contributed by atoms with Crippen LogP contribution in [0.1, 0.15) is 39.4 Å². The molecule has 1 fully saturated rings. The van der Waals surface area contributed by atoms with Crippen molar-refractivity contribution < 1.29 is 28.3 Å². The van der Waals surface area contributed by atoms with Crippen molar-refractivity contribution in [2.24, 2.45) is 0 Å². The number of thiophene rings is 2. The molecular weight excluding hydrogens is 461 g/mol. The highest BCUT2D eigenvalue weighted by atomic mass is 32.1. The molecule has 1 saturated heterocycles. The molecule has 33 heavy (non-hydrogen) atoms. The molecule has 5 nitrogen and oxygen atoms in total. The summed E-state index contributed by atoms with van der Waals surface area (Å²) in [5, 5.41) is 15.1. The Morgan fingerprint density at radius 1 is 1.12 bits per heavy atom. The number of Topliss-reactive ketones (excluding diaryl/α,β-unsaturated/α-hetero) is 1. The highest BCUT2D eigenvalue weighted by molar-refractivity contribution is 7.12. The zero-order valence-corrected chi connectivity index (χ0v) is 20.0. The second-order valence-corrected chi connectivity index (χ2v) is 10.7. The van der Waals surface area contributed by atoms with Gasteiger partial charge in [-0.25, -0.2) is 9.18 Å². The number of benzene rings is 1. The third kappa shape index (κ3) is 5.24. The number of hydrogen-bond acceptors (Lipinski definition) is 6. The van der Waals surface area contributed by atoms with E-state index in [9.17, 15) is 19.1 Å². The van der Waals surface area contributed by atoms with Crippen molar-refractivity contribution in [3.05, 3.63) is 80.4 Å². The van der Waals surface area contributed by atoms with E-state index in [-0.39, 0.29) is 17.7 Å². The number of likely N-dealkylation sites (N-methyl/N-ethyl adjacent to an activating group) is 1. The number of carbonyl (C=O) groups excluding carboxylic acids is 2. The lowest BCUT2D eigenvalue weighted by molar-refractivity contribution is -0.899. The summed E-state index contributed by atoms with van der Waals surface area (Å²) in [4.78, 5) is 26.6. The van der Waals surface area contributed by atoms with Gasteiger partial charge in [0.05, 0.1) is 29.9 Å². The largest absolute Gasteiger partial charge is 0.453 e. The normalized spacial score (nSPS) is 20.6. The van der Waals surface area contributed by atoms with Gasteiger partial charge in [-0.2, -0.15) is 0 Å². The van der Waals surface area contributed by atoms with Crippen molar-refractivity contribution >= 4 is 34.4 Å². The van der Waals surface area contributed by atoms with Crippen LogP contribution in [0.5, 0.6) is 0 Å². The molecule has 0 amide bonds. The first-order valence-electron chi connectivity index (χ1n) is 10.9. The second kappa shape index (κ2) is 9.85. The third-order valence-corrected chi connectivity index (χ3v) is 8.19. The fourth-order valence-corrected chi connectivity index (χ4v) is 6.07. The van der Waals surface area contributed by atoms with Gasteiger partial charge < -0.3 is 14.3 Å². The Bertz CT molecular complexity index is 1050. The first kappa shape index (κ1) is 23.8. The predicted octanol–water partition coefficient (Wildman–Crippen LogP) is 4.61. The minimum Gasteiger partial charge on any atom is -0.453 e. The van der Waals surface area contributed by atoms with E-state index in [1.807, 2.05) is 22.9 Å². The molecule has 2 aromatic heterocycles. The average molecular weight is 489 g/mol. The number of hydrogen-bond donors (Lipinski definition) is 1. The molecule has 1 aromatic carbocycles. The van der Waals surface area contributed by atoms with Crippen LogP contribution in [0.15, 0.2) is 59.3 Å². The average Bonchev–Trinajstić information content (AvgIpc) is 3.57. The van der Waals surface area contributed by atoms with Crippen molar-refractivity contribution in [2.45, 2.75) is 31.0 Å². The highest BCUT2D eigenvalue weighted by Gasteiger charge is 2.46. The van der Waals surface area contributed by atoms with Crippen LogP contribution in [0, 0.1) is 5.82 Å². The number of rotatable bonds is 9. The van der Waals surface area contributed by atoms with E-state index in [4.69, 9.17) is 4.74 Å². The van der Waals surface area contributed by atoms with Crippen molar-refractivity contribution in [2.75, 3.05) is 26.7 Å². The number of aliphatic hydroxyl groups is 1. The number of esters is 1. The van der Waals surface area contributed by atoms with Gasteiger partial charge in [0.2, 0.25) is 5.60 Å². The summed E-state index contributed by atoms with van der Waals surface area (Å²) in [5.41, 5.74) is -1.27. The molecule has 1 aliphatic heterocycles. The van der Waals surface area contributed by atoms with Crippen molar-refractivity contribution in [1.29, 1.82) is 0 Å². The molecule has 8 heteroatoms. The molecule has 2 atom stereocenters. The summed E-state index contributed by atoms with van der Waals surface area (Å²) in [5.74, 6) is -0.995. The van der Waals surface area contributed by atoms with Gasteiger partial charge >= 0.3 is 5.97 Å². The Morgan fingerprint density at radius 2 is 1.76 bits per heavy atom. The van der Waals surface area contributed by atoms with Gasteiger partial charge in [0.15, 0.2) is 11.9 Å². The van der Waals surface area contributed by atoms with Crippen LogP contribution in [0.3, 0.4) is 0 Å². The van der Waals surface area contributed by atoms with E-state index in [0.29, 0.717) is 45.6 Å². The van der Waals surface area contributed by atoms with E-state index in [2.05, 4.69) is 7.05 Å². The fourth-order valence-electron chi connectivity index (χ4n) is 4.36. The summed E-state index contributed by atoms with van der Waals surface area (Å²) in [6, 6.07) is 12.7. The van der Waals surface area contributed by atoms with Gasteiger partial charge in [-0.15, -0.1) is 22.7 Å². The molecule has 0 spiro atoms. The molecule has 0 aliphatic carbocycles. The summed E-state index contributed by atoms with van der Waals surface area (Å²) in [6.07, 6.45) is 1.50. The third-order valence-electron chi connectivity index (χ3n) is 6.23. The van der Waals surface area contributed by atoms with E-state index in [1.54, 1.807) is 12.1 Å². The van der Waals surface area contributed by atoms with Gasteiger partial charge in [-0.1, -0.05) is 12.1 Å². The molecule has 1 N–H and O–H groups in total. The fraction of sp³-hybridized carbons (Fsp3) is 0.360. The van der Waals surface area contributed by atoms with E-state index in [1.165, 1.54) is 46.9 Å². The molecule has 1 aliphatic rings. The summed E-state index contributed by atoms with van der Waals surface area (Å²) in [6.45, 7) is 2.25. The number of quaternary nitrogens is 1. The van der Waals surface area contributed by atoms with Crippen LogP contribution < -0.4 is 0 Å². The molecule has 1 unspecified atom stereocenters. The minimum absolute atomic E-state index is 0.000680. The summed E-state index contributed by atoms with van der Waals surface area (Å²) >= 11 is 2.65. The molecule has 0 saturated carbocycles. The number of ketones is 1. The molecule has 0 radical (unpaired) electrons. The highest BCUT2D eigenvalue weighted by Crippen LogP contribution is 2.37. The maximum absolute atomic E-state index is 13.2. The van der Waals surface area contributed by atoms with Gasteiger partial charge in [-0.05, 0) is 47.2 Å². The quantitative estimate of drug-likeness (QED) is 0.271. The SMILES string of the molecule is C[N+]1(CCCC(=O)c2ccc(F)cc2)CC[C@@H](OC(=O)C(O)(c2cccs2)c2cccs2)C1. The Morgan fingerprint density at radius 3 is 2.33 bits per heavy atom. The molecule has 174 valence electrons. The van der Waals surface area contributed by atoms with Crippen molar-refractivity contribution in [3.8, 4) is 0 Å². The molecule has 3 aromatic rings. The summed E-state index contributed by atoms with van der Waals surface area (Å²) < 4.78 is 19.6. The lowest BCUT2D eigenvalue weighted by Gasteiger charge is -2.30. The predicted molar refractivity (Wildman–Crippen MR) is 127 cm³/mol. The molecule has 4 rings (SSSR count). The lowest BCUT2D eigenvalue weighted by atomic mass is 10.00. The number of nitrogens with zero attached hydrogens (tertiary/aromatic N) is 1. The monoisotopic (exact) mass is 488 g/mol. The Labute approximate surface area is 200 Å². The molecule has 0 bridgehead atoms. The first-order chi connectivity index (χ1) is 15.8. The second-order valence-electron chi connectivity index (χ2n) is 8.76. The first-order valence-corrected chi connectivity index (χ1v) is 12.7. The maximum Gasteiger partial charge on any atom is 0.349 e. The number of carbonyl (C=O) groups is 2. The Balaban J connectivity index is 1.33. The minimum atomic E-state index is -1.80. The van der Waals surface area contributed by atoms with Gasteiger partial charge in [-0.3, -0.25) is 4.79 Å². The number of likely N-dealkylation sites (tertiary alicyclic amines) is 1. The van der Waals surface area contributed by atoms with Crippen LogP contribution in [0.4, 0.5) is 4.39 Å². The Hall–Kier alpha value is -2.39. The van der Waals surface area contributed by atoms with Crippen LogP contribution in [0.2, 0.25) is 0 Å². The van der Waals surface area contributed by atoms with E-state index >= 15 is 0 Å². The van der Waals surface area contributed by atoms with Crippen LogP contribution >= 0.6 is 22.7 Å². The van der Waals surface area contributed by atoms with Gasteiger partial charge in [0.1, 0.15) is 12.4 Å². The van der Waals surface area contributed by atoms with E-state index < -0.39 is 11.6 Å². The van der Waals surface area contributed by atoms with Crippen LogP contribution in [-0.4, -0.2) is 54.1 Å². The van der Waals surface area contributed by atoms with Gasteiger partial charge in [0, 0.05) is 24.8 Å².